The van der Waals surface area contributed by atoms with Gasteiger partial charge in [-0.05, 0) is 79.2 Å². The summed E-state index contributed by atoms with van der Waals surface area (Å²) in [7, 11) is 1.58. The lowest BCUT2D eigenvalue weighted by Gasteiger charge is -2.03. The number of aromatic nitrogens is 4. The molecule has 0 fully saturated rings. The van der Waals surface area contributed by atoms with Gasteiger partial charge in [-0.25, -0.2) is 20.0 Å². The second kappa shape index (κ2) is 13.6. The van der Waals surface area contributed by atoms with E-state index in [1.54, 1.807) is 7.11 Å². The highest BCUT2D eigenvalue weighted by Gasteiger charge is 2.16. The summed E-state index contributed by atoms with van der Waals surface area (Å²) in [4.78, 5) is 16.8. The number of nitrogens with zero attached hydrogens (tertiary/aromatic N) is 3. The second-order valence-electron chi connectivity index (χ2n) is 8.70. The maximum absolute atomic E-state index is 5.03. The fraction of sp³-hybridized carbons (Fsp3) is 0.500. The molecule has 0 unspecified atom stereocenters. The highest BCUT2D eigenvalue weighted by atomic mass is 16.6. The van der Waals surface area contributed by atoms with Crippen LogP contribution in [0.4, 0.5) is 5.82 Å². The van der Waals surface area contributed by atoms with Gasteiger partial charge in [0.2, 0.25) is 17.7 Å². The monoisotopic (exact) mass is 438 g/mol. The summed E-state index contributed by atoms with van der Waals surface area (Å²) in [6.45, 7) is 11.8. The van der Waals surface area contributed by atoms with Gasteiger partial charge in [-0.2, -0.15) is 4.98 Å². The van der Waals surface area contributed by atoms with Crippen LogP contribution in [0.2, 0.25) is 0 Å². The van der Waals surface area contributed by atoms with E-state index in [1.807, 2.05) is 6.33 Å². The zero-order valence-electron chi connectivity index (χ0n) is 20.7. The number of nitrogens with one attached hydrogen (secondary N) is 2. The Kier molecular flexibility index (Phi) is 10.9. The van der Waals surface area contributed by atoms with Crippen molar-refractivity contribution in [1.29, 1.82) is 0 Å². The van der Waals surface area contributed by atoms with E-state index in [0.717, 1.165) is 49.8 Å². The molecular formula is C26H40N5O+. The van der Waals surface area contributed by atoms with Crippen LogP contribution in [0.15, 0.2) is 59.3 Å². The molecule has 2 rings (SSSR count). The summed E-state index contributed by atoms with van der Waals surface area (Å²) in [5.41, 5.74) is 10.3. The van der Waals surface area contributed by atoms with Gasteiger partial charge in [0, 0.05) is 0 Å². The first-order valence-corrected chi connectivity index (χ1v) is 11.5. The third kappa shape index (κ3) is 8.79. The molecule has 2 N–H and O–H groups in total. The molecule has 0 aliphatic heterocycles. The topological polar surface area (TPSA) is 66.7 Å². The van der Waals surface area contributed by atoms with Gasteiger partial charge in [-0.15, -0.1) is 0 Å². The summed E-state index contributed by atoms with van der Waals surface area (Å²) in [6, 6.07) is 0. The number of H-pyrrole nitrogens is 1. The summed E-state index contributed by atoms with van der Waals surface area (Å²) in [5.74, 6) is 0.657. The predicted octanol–water partition coefficient (Wildman–Crippen LogP) is 6.36. The summed E-state index contributed by atoms with van der Waals surface area (Å²) in [6.07, 6.45) is 19.5. The van der Waals surface area contributed by atoms with E-state index in [0.29, 0.717) is 5.82 Å². The molecule has 6 heteroatoms. The largest absolute Gasteiger partial charge is 0.278 e. The van der Waals surface area contributed by atoms with Gasteiger partial charge in [0.05, 0.1) is 7.11 Å². The van der Waals surface area contributed by atoms with Crippen molar-refractivity contribution in [1.82, 2.24) is 15.0 Å². The predicted molar refractivity (Wildman–Crippen MR) is 133 cm³/mol. The number of aromatic amines is 1. The lowest BCUT2D eigenvalue weighted by atomic mass is 10.0. The van der Waals surface area contributed by atoms with Crippen LogP contribution in [0.25, 0.3) is 11.2 Å². The molecule has 0 spiro atoms. The molecule has 0 aliphatic carbocycles. The molecule has 0 saturated carbocycles. The molecule has 0 bridgehead atoms. The van der Waals surface area contributed by atoms with Crippen molar-refractivity contribution < 1.29 is 9.40 Å². The van der Waals surface area contributed by atoms with Crippen molar-refractivity contribution in [2.24, 2.45) is 0 Å². The number of allylic oxidation sites excluding steroid dienone is 8. The number of fused-ring (bicyclic) bond motifs is 1. The van der Waals surface area contributed by atoms with Crippen LogP contribution in [0.1, 0.15) is 73.1 Å². The minimum Gasteiger partial charge on any atom is -0.278 e. The lowest BCUT2D eigenvalue weighted by Crippen LogP contribution is -2.31. The molecular weight excluding hydrogens is 398 g/mol. The number of imidazole rings is 1. The van der Waals surface area contributed by atoms with Crippen molar-refractivity contribution in [2.45, 2.75) is 79.7 Å². The van der Waals surface area contributed by atoms with E-state index in [4.69, 9.17) is 4.84 Å². The lowest BCUT2D eigenvalue weighted by molar-refractivity contribution is -0.660. The highest BCUT2D eigenvalue weighted by molar-refractivity contribution is 5.78. The molecule has 0 aliphatic rings. The van der Waals surface area contributed by atoms with Crippen LogP contribution in [-0.4, -0.2) is 22.1 Å². The Morgan fingerprint density at radius 3 is 2.09 bits per heavy atom. The normalized spacial score (nSPS) is 13.0. The smallest absolute Gasteiger partial charge is 0.271 e. The quantitative estimate of drug-likeness (QED) is 0.217. The van der Waals surface area contributed by atoms with E-state index in [9.17, 15) is 0 Å². The molecule has 2 aromatic rings. The zero-order chi connectivity index (χ0) is 23.3. The van der Waals surface area contributed by atoms with Gasteiger partial charge in [-0.3, -0.25) is 4.84 Å². The summed E-state index contributed by atoms with van der Waals surface area (Å²) in [5, 5.41) is 0. The van der Waals surface area contributed by atoms with E-state index in [-0.39, 0.29) is 0 Å². The molecule has 0 saturated heterocycles. The van der Waals surface area contributed by atoms with E-state index >= 15 is 0 Å². The third-order valence-electron chi connectivity index (χ3n) is 5.46. The molecule has 6 nitrogen and oxygen atoms in total. The standard InChI is InChI=1S/C26H39N5O/c1-20(2)10-7-11-21(3)12-8-13-22(4)14-9-15-23(5)16-17-31-19-29-25-24(31)26(30-32-6)28-18-27-25/h10,12,14,16,18-19H,7-9,11,13,15,17H2,1-6H3,(H,27,28,30)/p+1/b21-12+,22-14+,23-16+. The minimum atomic E-state index is 0.657. The second-order valence-corrected chi connectivity index (χ2v) is 8.70. The first-order chi connectivity index (χ1) is 15.4. The molecule has 174 valence electrons. The molecule has 2 heterocycles. The van der Waals surface area contributed by atoms with Gasteiger partial charge in [-0.1, -0.05) is 40.5 Å². The molecule has 0 atom stereocenters. The first-order valence-electron chi connectivity index (χ1n) is 11.5. The fourth-order valence-electron chi connectivity index (χ4n) is 3.52. The highest BCUT2D eigenvalue weighted by Crippen LogP contribution is 2.15. The molecule has 0 radical (unpaired) electrons. The molecule has 32 heavy (non-hydrogen) atoms. The Balaban J connectivity index is 1.80. The molecule has 0 amide bonds. The molecule has 0 aromatic carbocycles. The van der Waals surface area contributed by atoms with Gasteiger partial charge in [0.25, 0.3) is 5.65 Å². The Bertz CT molecular complexity index is 977. The first kappa shape index (κ1) is 25.5. The number of hydrogen-bond acceptors (Lipinski definition) is 4. The number of anilines is 1. The van der Waals surface area contributed by atoms with Crippen LogP contribution in [-0.2, 0) is 11.4 Å². The van der Waals surface area contributed by atoms with Crippen LogP contribution < -0.4 is 10.0 Å². The Labute approximate surface area is 193 Å². The number of hydrogen-bond donors (Lipinski definition) is 2. The fourth-order valence-corrected chi connectivity index (χ4v) is 3.52. The minimum absolute atomic E-state index is 0.657. The van der Waals surface area contributed by atoms with E-state index in [1.165, 1.54) is 35.0 Å². The Hall–Kier alpha value is -2.73. The Morgan fingerprint density at radius 1 is 0.906 bits per heavy atom. The van der Waals surface area contributed by atoms with Crippen molar-refractivity contribution >= 4 is 17.0 Å². The van der Waals surface area contributed by atoms with Crippen LogP contribution >= 0.6 is 0 Å². The van der Waals surface area contributed by atoms with Crippen molar-refractivity contribution in [3.8, 4) is 0 Å². The van der Waals surface area contributed by atoms with Crippen LogP contribution in [0.5, 0.6) is 0 Å². The average Bonchev–Trinajstić information content (AvgIpc) is 3.16. The maximum Gasteiger partial charge on any atom is 0.271 e. The van der Waals surface area contributed by atoms with Gasteiger partial charge in [0.1, 0.15) is 12.9 Å². The summed E-state index contributed by atoms with van der Waals surface area (Å²) < 4.78 is 2.09. The Morgan fingerprint density at radius 2 is 1.50 bits per heavy atom. The maximum atomic E-state index is 5.03. The SMILES string of the molecule is CONc1ncnc2[nH]c[n+](C/C=C(\C)CC/C=C(\C)CC/C=C(\C)CCC=C(C)C)c12. The van der Waals surface area contributed by atoms with Crippen LogP contribution in [0, 0.1) is 0 Å². The van der Waals surface area contributed by atoms with Crippen molar-refractivity contribution in [3.05, 3.63) is 59.3 Å². The van der Waals surface area contributed by atoms with Gasteiger partial charge in [0.15, 0.2) is 0 Å². The average molecular weight is 439 g/mol. The van der Waals surface area contributed by atoms with Crippen molar-refractivity contribution in [2.75, 3.05) is 12.6 Å². The summed E-state index contributed by atoms with van der Waals surface area (Å²) >= 11 is 0. The van der Waals surface area contributed by atoms with Crippen LogP contribution in [0.3, 0.4) is 0 Å². The van der Waals surface area contributed by atoms with Gasteiger partial charge >= 0.3 is 0 Å². The van der Waals surface area contributed by atoms with Crippen molar-refractivity contribution in [3.63, 3.8) is 0 Å². The number of rotatable bonds is 13. The van der Waals surface area contributed by atoms with E-state index in [2.05, 4.69) is 83.9 Å². The zero-order valence-corrected chi connectivity index (χ0v) is 20.7. The molecule has 2 aromatic heterocycles. The van der Waals surface area contributed by atoms with E-state index < -0.39 is 0 Å². The third-order valence-corrected chi connectivity index (χ3v) is 5.46. The van der Waals surface area contributed by atoms with Gasteiger partial charge < -0.3 is 0 Å².